The molecule has 3 rings (SSSR count). The molecule has 0 spiro atoms. The lowest BCUT2D eigenvalue weighted by molar-refractivity contribution is -0.151. The average molecular weight is 153 g/mol. The van der Waals surface area contributed by atoms with Gasteiger partial charge in [-0.1, -0.05) is 0 Å². The maximum Gasteiger partial charge on any atom is 0.225 e. The first-order chi connectivity index (χ1) is 5.13. The quantitative estimate of drug-likeness (QED) is 0.515. The Morgan fingerprint density at radius 1 is 1.45 bits per heavy atom. The number of hydrogen-bond donors (Lipinski definition) is 0. The van der Waals surface area contributed by atoms with Crippen LogP contribution < -0.4 is 0 Å². The Morgan fingerprint density at radius 3 is 2.36 bits per heavy atom. The molecule has 0 unspecified atom stereocenters. The Kier molecular flexibility index (Phi) is 1.29. The van der Waals surface area contributed by atoms with Crippen molar-refractivity contribution < 1.29 is 4.79 Å². The Bertz CT molecular complexity index is 192. The van der Waals surface area contributed by atoms with Crippen LogP contribution in [-0.4, -0.2) is 23.4 Å². The van der Waals surface area contributed by atoms with Gasteiger partial charge >= 0.3 is 0 Å². The summed E-state index contributed by atoms with van der Waals surface area (Å²) < 4.78 is 0. The Hall–Kier alpha value is -0.530. The van der Waals surface area contributed by atoms with Crippen LogP contribution in [0, 0.1) is 5.92 Å². The van der Waals surface area contributed by atoms with E-state index in [1.54, 1.807) is 0 Å². The fraction of sp³-hybridized carbons (Fsp3) is 0.889. The molecule has 3 aliphatic rings. The van der Waals surface area contributed by atoms with Gasteiger partial charge in [0.05, 0.1) is 0 Å². The molecule has 1 aliphatic carbocycles. The van der Waals surface area contributed by atoms with E-state index in [-0.39, 0.29) is 5.54 Å². The number of rotatable bonds is 0. The number of carbonyl (C=O) groups is 1. The molecule has 0 N–H and O–H groups in total. The lowest BCUT2D eigenvalue weighted by Gasteiger charge is -2.50. The smallest absolute Gasteiger partial charge is 0.225 e. The van der Waals surface area contributed by atoms with Crippen LogP contribution in [0.15, 0.2) is 0 Å². The first-order valence-corrected chi connectivity index (χ1v) is 4.41. The number of amides is 1. The third-order valence-electron chi connectivity index (χ3n) is 3.55. The highest BCUT2D eigenvalue weighted by Crippen LogP contribution is 2.42. The summed E-state index contributed by atoms with van der Waals surface area (Å²) in [6.45, 7) is 2.21. The summed E-state index contributed by atoms with van der Waals surface area (Å²) in [6.07, 6.45) is 4.67. The molecule has 0 aromatic rings. The topological polar surface area (TPSA) is 20.3 Å². The van der Waals surface area contributed by atoms with Gasteiger partial charge in [0.1, 0.15) is 0 Å². The third-order valence-corrected chi connectivity index (χ3v) is 3.55. The van der Waals surface area contributed by atoms with E-state index in [1.807, 2.05) is 11.9 Å². The Morgan fingerprint density at radius 2 is 2.00 bits per heavy atom. The van der Waals surface area contributed by atoms with Crippen molar-refractivity contribution in [2.24, 2.45) is 5.92 Å². The van der Waals surface area contributed by atoms with Gasteiger partial charge < -0.3 is 4.90 Å². The Balaban J connectivity index is 2.30. The van der Waals surface area contributed by atoms with E-state index in [0.717, 1.165) is 12.8 Å². The number of carbonyl (C=O) groups excluding carboxylic acids is 1. The van der Waals surface area contributed by atoms with E-state index in [1.165, 1.54) is 12.8 Å². The van der Waals surface area contributed by atoms with Gasteiger partial charge in [0.25, 0.3) is 0 Å². The van der Waals surface area contributed by atoms with Crippen molar-refractivity contribution in [2.45, 2.75) is 38.1 Å². The number of piperidine rings is 2. The van der Waals surface area contributed by atoms with Crippen molar-refractivity contribution in [3.63, 3.8) is 0 Å². The summed E-state index contributed by atoms with van der Waals surface area (Å²) in [7, 11) is 1.95. The van der Waals surface area contributed by atoms with Gasteiger partial charge in [-0.25, -0.2) is 0 Å². The molecule has 1 saturated carbocycles. The standard InChI is InChI=1S/C9H15NO/c1-9-5-3-7(4-6-9)8(11)10(9)2/h7H,3-6H2,1-2H3. The van der Waals surface area contributed by atoms with E-state index in [2.05, 4.69) is 6.92 Å². The zero-order valence-electron chi connectivity index (χ0n) is 7.26. The summed E-state index contributed by atoms with van der Waals surface area (Å²) in [5.74, 6) is 0.742. The lowest BCUT2D eigenvalue weighted by atomic mass is 9.71. The zero-order chi connectivity index (χ0) is 8.06. The second-order valence-corrected chi connectivity index (χ2v) is 4.17. The van der Waals surface area contributed by atoms with Crippen molar-refractivity contribution in [3.05, 3.63) is 0 Å². The molecule has 0 aromatic heterocycles. The molecule has 2 heterocycles. The van der Waals surface area contributed by atoms with E-state index < -0.39 is 0 Å². The fourth-order valence-electron chi connectivity index (χ4n) is 2.36. The third kappa shape index (κ3) is 0.815. The van der Waals surface area contributed by atoms with E-state index in [4.69, 9.17) is 0 Å². The van der Waals surface area contributed by atoms with Crippen LogP contribution in [0.5, 0.6) is 0 Å². The second kappa shape index (κ2) is 1.99. The molecule has 1 amide bonds. The summed E-state index contributed by atoms with van der Waals surface area (Å²) in [5, 5.41) is 0. The molecule has 2 bridgehead atoms. The summed E-state index contributed by atoms with van der Waals surface area (Å²) in [4.78, 5) is 13.5. The molecule has 2 aliphatic heterocycles. The lowest BCUT2D eigenvalue weighted by Crippen LogP contribution is -2.57. The van der Waals surface area contributed by atoms with Gasteiger partial charge in [-0.3, -0.25) is 4.79 Å². The van der Waals surface area contributed by atoms with Gasteiger partial charge in [0.2, 0.25) is 5.91 Å². The molecular formula is C9H15NO. The minimum absolute atomic E-state index is 0.200. The minimum atomic E-state index is 0.200. The van der Waals surface area contributed by atoms with Gasteiger partial charge in [-0.2, -0.15) is 0 Å². The van der Waals surface area contributed by atoms with E-state index in [0.29, 0.717) is 11.8 Å². The van der Waals surface area contributed by atoms with Crippen LogP contribution in [0.3, 0.4) is 0 Å². The van der Waals surface area contributed by atoms with Gasteiger partial charge in [0.15, 0.2) is 0 Å². The predicted octanol–water partition coefficient (Wildman–Crippen LogP) is 1.41. The fourth-order valence-corrected chi connectivity index (χ4v) is 2.36. The summed E-state index contributed by atoms with van der Waals surface area (Å²) >= 11 is 0. The van der Waals surface area contributed by atoms with E-state index in [9.17, 15) is 4.79 Å². The van der Waals surface area contributed by atoms with Crippen LogP contribution in [0.1, 0.15) is 32.6 Å². The second-order valence-electron chi connectivity index (χ2n) is 4.17. The molecule has 11 heavy (non-hydrogen) atoms. The van der Waals surface area contributed by atoms with Gasteiger partial charge in [0, 0.05) is 18.5 Å². The largest absolute Gasteiger partial charge is 0.340 e. The minimum Gasteiger partial charge on any atom is -0.340 e. The predicted molar refractivity (Wildman–Crippen MR) is 43.1 cm³/mol. The van der Waals surface area contributed by atoms with Crippen molar-refractivity contribution in [3.8, 4) is 0 Å². The molecule has 62 valence electrons. The van der Waals surface area contributed by atoms with Crippen molar-refractivity contribution in [1.29, 1.82) is 0 Å². The molecule has 0 radical (unpaired) electrons. The SMILES string of the molecule is CN1C(=O)C2CCC1(C)CC2. The van der Waals surface area contributed by atoms with Gasteiger partial charge in [-0.15, -0.1) is 0 Å². The highest BCUT2D eigenvalue weighted by atomic mass is 16.2. The maximum atomic E-state index is 11.5. The van der Waals surface area contributed by atoms with Crippen LogP contribution in [0.2, 0.25) is 0 Å². The summed E-state index contributed by atoms with van der Waals surface area (Å²) in [6, 6.07) is 0. The molecule has 2 saturated heterocycles. The molecule has 0 atom stereocenters. The molecule has 3 fully saturated rings. The van der Waals surface area contributed by atoms with Crippen LogP contribution >= 0.6 is 0 Å². The van der Waals surface area contributed by atoms with Crippen LogP contribution in [0.25, 0.3) is 0 Å². The first-order valence-electron chi connectivity index (χ1n) is 4.41. The van der Waals surface area contributed by atoms with Gasteiger partial charge in [-0.05, 0) is 32.6 Å². The molecular weight excluding hydrogens is 138 g/mol. The average Bonchev–Trinajstić information content (AvgIpc) is 2.01. The Labute approximate surface area is 67.6 Å². The highest BCUT2D eigenvalue weighted by Gasteiger charge is 2.45. The monoisotopic (exact) mass is 153 g/mol. The maximum absolute atomic E-state index is 11.5. The number of hydrogen-bond acceptors (Lipinski definition) is 1. The number of fused-ring (bicyclic) bond motifs is 3. The molecule has 2 heteroatoms. The normalized spacial score (nSPS) is 43.3. The van der Waals surface area contributed by atoms with Crippen molar-refractivity contribution in [1.82, 2.24) is 4.90 Å². The van der Waals surface area contributed by atoms with E-state index >= 15 is 0 Å². The number of nitrogens with zero attached hydrogens (tertiary/aromatic N) is 1. The summed E-state index contributed by atoms with van der Waals surface area (Å²) in [5.41, 5.74) is 0.200. The first kappa shape index (κ1) is 7.14. The zero-order valence-corrected chi connectivity index (χ0v) is 7.26. The van der Waals surface area contributed by atoms with Crippen LogP contribution in [0.4, 0.5) is 0 Å². The van der Waals surface area contributed by atoms with Crippen molar-refractivity contribution >= 4 is 5.91 Å². The van der Waals surface area contributed by atoms with Crippen molar-refractivity contribution in [2.75, 3.05) is 7.05 Å². The highest BCUT2D eigenvalue weighted by molar-refractivity contribution is 5.81. The van der Waals surface area contributed by atoms with Crippen LogP contribution in [-0.2, 0) is 4.79 Å². The molecule has 0 aromatic carbocycles. The molecule has 2 nitrogen and oxygen atoms in total.